The number of nitrogens with zero attached hydrogens (tertiary/aromatic N) is 2. The van der Waals surface area contributed by atoms with Gasteiger partial charge in [0.15, 0.2) is 6.29 Å². The summed E-state index contributed by atoms with van der Waals surface area (Å²) in [5, 5.41) is 8.58. The van der Waals surface area contributed by atoms with Crippen molar-refractivity contribution in [1.82, 2.24) is 9.97 Å². The van der Waals surface area contributed by atoms with E-state index < -0.39 is 0 Å². The van der Waals surface area contributed by atoms with Gasteiger partial charge in [0.05, 0.1) is 12.3 Å². The average Bonchev–Trinajstić information content (AvgIpc) is 2.39. The van der Waals surface area contributed by atoms with Crippen LogP contribution in [0.15, 0.2) is 45.6 Å². The molecule has 18 heavy (non-hydrogen) atoms. The van der Waals surface area contributed by atoms with Crippen molar-refractivity contribution in [3.63, 3.8) is 0 Å². The molecule has 0 spiro atoms. The predicted molar refractivity (Wildman–Crippen MR) is 75.2 cm³/mol. The van der Waals surface area contributed by atoms with Crippen LogP contribution in [0, 0.1) is 0 Å². The Hall–Kier alpha value is -1.11. The van der Waals surface area contributed by atoms with Gasteiger partial charge in [-0.2, -0.15) is 0 Å². The Balaban J connectivity index is 0.000000180. The van der Waals surface area contributed by atoms with Gasteiger partial charge in [-0.15, -0.1) is 0 Å². The van der Waals surface area contributed by atoms with Crippen LogP contribution in [-0.4, -0.2) is 21.4 Å². The number of carbonyl (C=O) groups excluding carboxylic acids is 1. The summed E-state index contributed by atoms with van der Waals surface area (Å²) in [6.45, 7) is -0.000556. The van der Waals surface area contributed by atoms with Gasteiger partial charge < -0.3 is 5.11 Å². The van der Waals surface area contributed by atoms with Crippen LogP contribution < -0.4 is 0 Å². The molecule has 2 aromatic heterocycles. The monoisotopic (exact) mass is 372 g/mol. The van der Waals surface area contributed by atoms with Gasteiger partial charge in [0.25, 0.3) is 0 Å². The molecule has 1 N–H and O–H groups in total. The Labute approximate surface area is 121 Å². The lowest BCUT2D eigenvalue weighted by atomic mass is 10.4. The predicted octanol–water partition coefficient (Wildman–Crippen LogP) is 2.99. The zero-order valence-corrected chi connectivity index (χ0v) is 12.4. The number of carbonyl (C=O) groups is 1. The summed E-state index contributed by atoms with van der Waals surface area (Å²) >= 11 is 6.31. The number of halogens is 2. The number of rotatable bonds is 2. The number of aldehydes is 1. The molecule has 2 rings (SSSR count). The van der Waals surface area contributed by atoms with Crippen LogP contribution in [0.3, 0.4) is 0 Å². The van der Waals surface area contributed by atoms with Gasteiger partial charge in [0.2, 0.25) is 0 Å². The summed E-state index contributed by atoms with van der Waals surface area (Å²) in [5.74, 6) is 0. The maximum absolute atomic E-state index is 10.1. The molecular weight excluding hydrogens is 364 g/mol. The van der Waals surface area contributed by atoms with E-state index >= 15 is 0 Å². The first-order chi connectivity index (χ1) is 8.65. The molecular formula is C12H10Br2N2O2. The van der Waals surface area contributed by atoms with Crippen molar-refractivity contribution in [3.05, 3.63) is 57.0 Å². The zero-order valence-electron chi connectivity index (χ0n) is 9.25. The van der Waals surface area contributed by atoms with Crippen molar-refractivity contribution < 1.29 is 9.90 Å². The molecule has 0 aromatic carbocycles. The van der Waals surface area contributed by atoms with Crippen molar-refractivity contribution >= 4 is 38.1 Å². The minimum Gasteiger partial charge on any atom is -0.390 e. The van der Waals surface area contributed by atoms with Gasteiger partial charge in [-0.05, 0) is 56.1 Å². The van der Waals surface area contributed by atoms with Crippen molar-refractivity contribution in [2.75, 3.05) is 0 Å². The molecule has 0 radical (unpaired) electrons. The van der Waals surface area contributed by atoms with Gasteiger partial charge in [-0.1, -0.05) is 12.1 Å². The van der Waals surface area contributed by atoms with Crippen LogP contribution in [0.25, 0.3) is 0 Å². The van der Waals surface area contributed by atoms with Gasteiger partial charge in [0, 0.05) is 0 Å². The summed E-state index contributed by atoms with van der Waals surface area (Å²) < 4.78 is 1.45. The topological polar surface area (TPSA) is 63.1 Å². The van der Waals surface area contributed by atoms with Gasteiger partial charge in [-0.3, -0.25) is 4.79 Å². The molecule has 0 atom stereocenters. The van der Waals surface area contributed by atoms with E-state index in [1.54, 1.807) is 24.3 Å². The van der Waals surface area contributed by atoms with Crippen LogP contribution in [0.4, 0.5) is 0 Å². The van der Waals surface area contributed by atoms with Gasteiger partial charge in [0.1, 0.15) is 14.9 Å². The summed E-state index contributed by atoms with van der Waals surface area (Å²) in [6, 6.07) is 10.6. The van der Waals surface area contributed by atoms with Crippen molar-refractivity contribution in [2.24, 2.45) is 0 Å². The van der Waals surface area contributed by atoms with E-state index in [9.17, 15) is 4.79 Å². The quantitative estimate of drug-likeness (QED) is 0.649. The molecule has 94 valence electrons. The van der Waals surface area contributed by atoms with Crippen LogP contribution in [-0.2, 0) is 6.61 Å². The minimum atomic E-state index is -0.000556. The van der Waals surface area contributed by atoms with Gasteiger partial charge in [-0.25, -0.2) is 9.97 Å². The fourth-order valence-corrected chi connectivity index (χ4v) is 1.77. The van der Waals surface area contributed by atoms with E-state index in [0.717, 1.165) is 4.60 Å². The first-order valence-electron chi connectivity index (χ1n) is 4.95. The molecule has 6 heteroatoms. The maximum Gasteiger partial charge on any atom is 0.168 e. The molecule has 2 aromatic rings. The van der Waals surface area contributed by atoms with Crippen molar-refractivity contribution in [3.8, 4) is 0 Å². The average molecular weight is 374 g/mol. The van der Waals surface area contributed by atoms with E-state index in [2.05, 4.69) is 41.8 Å². The molecule has 2 heterocycles. The van der Waals surface area contributed by atoms with E-state index in [-0.39, 0.29) is 6.61 Å². The molecule has 0 aliphatic carbocycles. The molecule has 0 fully saturated rings. The molecule has 0 unspecified atom stereocenters. The maximum atomic E-state index is 10.1. The first-order valence-corrected chi connectivity index (χ1v) is 6.54. The highest BCUT2D eigenvalue weighted by Crippen LogP contribution is 2.05. The normalized spacial score (nSPS) is 9.28. The number of aromatic nitrogens is 2. The SMILES string of the molecule is O=Cc1cccc(Br)n1.OCc1cccc(Br)n1. The number of aliphatic hydroxyl groups is 1. The largest absolute Gasteiger partial charge is 0.390 e. The molecule has 0 aliphatic heterocycles. The Bertz CT molecular complexity index is 521. The fourth-order valence-electron chi connectivity index (χ4n) is 1.03. The number of hydrogen-bond acceptors (Lipinski definition) is 4. The molecule has 0 aliphatic rings. The highest BCUT2D eigenvalue weighted by molar-refractivity contribution is 9.10. The second-order valence-corrected chi connectivity index (χ2v) is 4.74. The Morgan fingerprint density at radius 1 is 1.06 bits per heavy atom. The lowest BCUT2D eigenvalue weighted by molar-refractivity contribution is 0.111. The van der Waals surface area contributed by atoms with E-state index in [4.69, 9.17) is 5.11 Å². The van der Waals surface area contributed by atoms with Crippen LogP contribution in [0.1, 0.15) is 16.2 Å². The highest BCUT2D eigenvalue weighted by Gasteiger charge is 1.90. The van der Waals surface area contributed by atoms with Crippen molar-refractivity contribution in [1.29, 1.82) is 0 Å². The minimum absolute atomic E-state index is 0.000556. The summed E-state index contributed by atoms with van der Waals surface area (Å²) in [7, 11) is 0. The first kappa shape index (κ1) is 14.9. The Kier molecular flexibility index (Phi) is 6.70. The zero-order chi connectivity index (χ0) is 13.4. The number of pyridine rings is 2. The third-order valence-corrected chi connectivity index (χ3v) is 2.68. The highest BCUT2D eigenvalue weighted by atomic mass is 79.9. The van der Waals surface area contributed by atoms with Crippen molar-refractivity contribution in [2.45, 2.75) is 6.61 Å². The molecule has 0 bridgehead atoms. The summed E-state index contributed by atoms with van der Waals surface area (Å²) in [5.41, 5.74) is 1.13. The lowest BCUT2D eigenvalue weighted by Crippen LogP contribution is -1.86. The third kappa shape index (κ3) is 5.48. The van der Waals surface area contributed by atoms with E-state index in [0.29, 0.717) is 22.3 Å². The van der Waals surface area contributed by atoms with Gasteiger partial charge >= 0.3 is 0 Å². The summed E-state index contributed by atoms with van der Waals surface area (Å²) in [4.78, 5) is 17.9. The second-order valence-electron chi connectivity index (χ2n) is 3.11. The Morgan fingerprint density at radius 2 is 1.67 bits per heavy atom. The standard InChI is InChI=1S/C6H6BrNO.C6H4BrNO/c2*7-6-3-1-2-5(4-9)8-6/h1-3,9H,4H2;1-4H. The van der Waals surface area contributed by atoms with Crippen LogP contribution >= 0.6 is 31.9 Å². The molecule has 0 amide bonds. The van der Waals surface area contributed by atoms with E-state index in [1.165, 1.54) is 0 Å². The second kappa shape index (κ2) is 8.07. The third-order valence-electron chi connectivity index (χ3n) is 1.79. The van der Waals surface area contributed by atoms with Crippen LogP contribution in [0.2, 0.25) is 0 Å². The smallest absolute Gasteiger partial charge is 0.168 e. The summed E-state index contributed by atoms with van der Waals surface area (Å²) in [6.07, 6.45) is 0.713. The van der Waals surface area contributed by atoms with Crippen LogP contribution in [0.5, 0.6) is 0 Å². The molecule has 0 saturated heterocycles. The fraction of sp³-hybridized carbons (Fsp3) is 0.0833. The molecule has 0 saturated carbocycles. The lowest BCUT2D eigenvalue weighted by Gasteiger charge is -1.92. The number of aliphatic hydroxyl groups excluding tert-OH is 1. The van der Waals surface area contributed by atoms with E-state index in [1.807, 2.05) is 12.1 Å². The Morgan fingerprint density at radius 3 is 2.06 bits per heavy atom. The number of hydrogen-bond donors (Lipinski definition) is 1. The molecule has 4 nitrogen and oxygen atoms in total.